The lowest BCUT2D eigenvalue weighted by molar-refractivity contribution is -0.111. The van der Waals surface area contributed by atoms with Crippen LogP contribution in [0.5, 0.6) is 11.5 Å². The van der Waals surface area contributed by atoms with E-state index in [1.54, 1.807) is 30.3 Å². The molecule has 0 radical (unpaired) electrons. The predicted molar refractivity (Wildman–Crippen MR) is 146 cm³/mol. The standard InChI is InChI=1S/C29H26N2O5S/c1-35-24-15-18-27(28(20-24)36-2)31-37(33,34)25-16-13-23(14-17-25)30-29(32)26(22-11-7-4-8-12-22)19-21-9-5-3-6-10-21/h3-20,31H,1-2H3,(H,30,32)/b26-19+. The molecule has 1 amide bonds. The van der Waals surface area contributed by atoms with Crippen LogP contribution in [0.4, 0.5) is 11.4 Å². The fourth-order valence-electron chi connectivity index (χ4n) is 3.62. The van der Waals surface area contributed by atoms with Crippen molar-refractivity contribution in [3.63, 3.8) is 0 Å². The van der Waals surface area contributed by atoms with Gasteiger partial charge in [0, 0.05) is 17.3 Å². The van der Waals surface area contributed by atoms with E-state index in [4.69, 9.17) is 9.47 Å². The molecule has 4 aromatic carbocycles. The third-order valence-corrected chi connectivity index (χ3v) is 6.90. The number of carbonyl (C=O) groups excluding carboxylic acids is 1. The molecule has 0 spiro atoms. The summed E-state index contributed by atoms with van der Waals surface area (Å²) in [6.45, 7) is 0. The zero-order valence-corrected chi connectivity index (χ0v) is 21.2. The molecule has 8 heteroatoms. The van der Waals surface area contributed by atoms with Gasteiger partial charge >= 0.3 is 0 Å². The number of carbonyl (C=O) groups is 1. The second-order valence-electron chi connectivity index (χ2n) is 7.98. The van der Waals surface area contributed by atoms with Gasteiger partial charge in [0.2, 0.25) is 0 Å². The van der Waals surface area contributed by atoms with Gasteiger partial charge in [0.1, 0.15) is 11.5 Å². The maximum Gasteiger partial charge on any atom is 0.262 e. The molecule has 37 heavy (non-hydrogen) atoms. The molecule has 0 aliphatic carbocycles. The number of methoxy groups -OCH3 is 2. The van der Waals surface area contributed by atoms with Crippen molar-refractivity contribution in [3.05, 3.63) is 114 Å². The van der Waals surface area contributed by atoms with Crippen LogP contribution in [-0.2, 0) is 14.8 Å². The molecule has 2 N–H and O–H groups in total. The molecule has 0 aromatic heterocycles. The molecule has 0 fully saturated rings. The summed E-state index contributed by atoms with van der Waals surface area (Å²) < 4.78 is 38.9. The van der Waals surface area contributed by atoms with E-state index in [1.165, 1.54) is 26.4 Å². The largest absolute Gasteiger partial charge is 0.497 e. The highest BCUT2D eigenvalue weighted by molar-refractivity contribution is 7.92. The van der Waals surface area contributed by atoms with Crippen LogP contribution < -0.4 is 19.5 Å². The first-order valence-electron chi connectivity index (χ1n) is 11.4. The summed E-state index contributed by atoms with van der Waals surface area (Å²) in [5.74, 6) is 0.549. The van der Waals surface area contributed by atoms with Crippen LogP contribution in [0.15, 0.2) is 108 Å². The van der Waals surface area contributed by atoms with Crippen LogP contribution >= 0.6 is 0 Å². The molecule has 4 aromatic rings. The lowest BCUT2D eigenvalue weighted by Crippen LogP contribution is -2.15. The smallest absolute Gasteiger partial charge is 0.262 e. The molecule has 0 heterocycles. The van der Waals surface area contributed by atoms with E-state index < -0.39 is 10.0 Å². The van der Waals surface area contributed by atoms with E-state index >= 15 is 0 Å². The summed E-state index contributed by atoms with van der Waals surface area (Å²) in [5, 5.41) is 2.86. The van der Waals surface area contributed by atoms with Crippen LogP contribution in [0.3, 0.4) is 0 Å². The predicted octanol–water partition coefficient (Wildman–Crippen LogP) is 5.68. The highest BCUT2D eigenvalue weighted by Gasteiger charge is 2.18. The number of hydrogen-bond acceptors (Lipinski definition) is 5. The Labute approximate surface area is 216 Å². The Balaban J connectivity index is 1.54. The van der Waals surface area contributed by atoms with Gasteiger partial charge in [-0.3, -0.25) is 9.52 Å². The lowest BCUT2D eigenvalue weighted by Gasteiger charge is -2.14. The number of nitrogens with one attached hydrogen (secondary N) is 2. The normalized spacial score (nSPS) is 11.5. The summed E-state index contributed by atoms with van der Waals surface area (Å²) in [6.07, 6.45) is 1.82. The molecule has 4 rings (SSSR count). The van der Waals surface area contributed by atoms with Crippen molar-refractivity contribution < 1.29 is 22.7 Å². The van der Waals surface area contributed by atoms with Gasteiger partial charge in [0.15, 0.2) is 0 Å². The third kappa shape index (κ3) is 6.36. The second-order valence-corrected chi connectivity index (χ2v) is 9.67. The average Bonchev–Trinajstić information content (AvgIpc) is 2.93. The van der Waals surface area contributed by atoms with E-state index in [1.807, 2.05) is 66.7 Å². The Bertz CT molecular complexity index is 1500. The highest BCUT2D eigenvalue weighted by atomic mass is 32.2. The summed E-state index contributed by atoms with van der Waals surface area (Å²) >= 11 is 0. The van der Waals surface area contributed by atoms with Gasteiger partial charge in [-0.15, -0.1) is 0 Å². The van der Waals surface area contributed by atoms with Crippen LogP contribution in [0, 0.1) is 0 Å². The molecule has 188 valence electrons. The maximum atomic E-state index is 13.2. The number of anilines is 2. The molecule has 0 aliphatic rings. The van der Waals surface area contributed by atoms with Crippen molar-refractivity contribution in [2.45, 2.75) is 4.90 Å². The Kier molecular flexibility index (Phi) is 7.90. The molecule has 0 saturated carbocycles. The molecule has 0 bridgehead atoms. The molecular formula is C29H26N2O5S. The zero-order chi connectivity index (χ0) is 26.3. The molecular weight excluding hydrogens is 488 g/mol. The van der Waals surface area contributed by atoms with E-state index in [0.29, 0.717) is 22.8 Å². The van der Waals surface area contributed by atoms with Crippen LogP contribution in [-0.4, -0.2) is 28.5 Å². The number of amides is 1. The third-order valence-electron chi connectivity index (χ3n) is 5.52. The number of ether oxygens (including phenoxy) is 2. The summed E-state index contributed by atoms with van der Waals surface area (Å²) in [6, 6.07) is 29.6. The summed E-state index contributed by atoms with van der Waals surface area (Å²) in [5.41, 5.74) is 2.87. The van der Waals surface area contributed by atoms with E-state index in [-0.39, 0.29) is 16.5 Å². The Morgan fingerprint density at radius 3 is 2.05 bits per heavy atom. The minimum atomic E-state index is -3.91. The second kappa shape index (κ2) is 11.5. The molecule has 0 aliphatic heterocycles. The van der Waals surface area contributed by atoms with Crippen molar-refractivity contribution in [2.75, 3.05) is 24.3 Å². The maximum absolute atomic E-state index is 13.2. The SMILES string of the molecule is COc1ccc(NS(=O)(=O)c2ccc(NC(=O)/C(=C/c3ccccc3)c3ccccc3)cc2)c(OC)c1. The minimum absolute atomic E-state index is 0.0338. The van der Waals surface area contributed by atoms with Crippen molar-refractivity contribution in [1.82, 2.24) is 0 Å². The van der Waals surface area contributed by atoms with Gasteiger partial charge in [-0.25, -0.2) is 8.42 Å². The number of rotatable bonds is 9. The van der Waals surface area contributed by atoms with Crippen molar-refractivity contribution in [3.8, 4) is 11.5 Å². The fraction of sp³-hybridized carbons (Fsp3) is 0.0690. The van der Waals surface area contributed by atoms with Gasteiger partial charge in [-0.2, -0.15) is 0 Å². The topological polar surface area (TPSA) is 93.7 Å². The van der Waals surface area contributed by atoms with Gasteiger partial charge in [-0.1, -0.05) is 60.7 Å². The molecule has 7 nitrogen and oxygen atoms in total. The van der Waals surface area contributed by atoms with Crippen molar-refractivity contribution in [1.29, 1.82) is 0 Å². The Morgan fingerprint density at radius 2 is 1.43 bits per heavy atom. The first-order valence-corrected chi connectivity index (χ1v) is 12.9. The molecule has 0 atom stereocenters. The Hall–Kier alpha value is -4.56. The average molecular weight is 515 g/mol. The summed E-state index contributed by atoms with van der Waals surface area (Å²) in [7, 11) is -0.948. The van der Waals surface area contributed by atoms with Crippen LogP contribution in [0.25, 0.3) is 11.6 Å². The van der Waals surface area contributed by atoms with Gasteiger partial charge in [0.25, 0.3) is 15.9 Å². The van der Waals surface area contributed by atoms with Gasteiger partial charge in [-0.05, 0) is 53.6 Å². The van der Waals surface area contributed by atoms with E-state index in [0.717, 1.165) is 11.1 Å². The number of sulfonamides is 1. The first kappa shape index (κ1) is 25.5. The number of hydrogen-bond donors (Lipinski definition) is 2. The zero-order valence-electron chi connectivity index (χ0n) is 20.3. The highest BCUT2D eigenvalue weighted by Crippen LogP contribution is 2.31. The quantitative estimate of drug-likeness (QED) is 0.221. The summed E-state index contributed by atoms with van der Waals surface area (Å²) in [4.78, 5) is 13.3. The van der Waals surface area contributed by atoms with Crippen LogP contribution in [0.2, 0.25) is 0 Å². The van der Waals surface area contributed by atoms with Crippen molar-refractivity contribution in [2.24, 2.45) is 0 Å². The monoisotopic (exact) mass is 514 g/mol. The van der Waals surface area contributed by atoms with Gasteiger partial charge in [0.05, 0.1) is 24.8 Å². The Morgan fingerprint density at radius 1 is 0.784 bits per heavy atom. The lowest BCUT2D eigenvalue weighted by atomic mass is 10.0. The fourth-order valence-corrected chi connectivity index (χ4v) is 4.69. The van der Waals surface area contributed by atoms with Crippen LogP contribution in [0.1, 0.15) is 11.1 Å². The first-order chi connectivity index (χ1) is 17.9. The number of benzene rings is 4. The van der Waals surface area contributed by atoms with E-state index in [9.17, 15) is 13.2 Å². The van der Waals surface area contributed by atoms with Crippen molar-refractivity contribution >= 4 is 39.0 Å². The molecule has 0 saturated heterocycles. The van der Waals surface area contributed by atoms with E-state index in [2.05, 4.69) is 10.0 Å². The minimum Gasteiger partial charge on any atom is -0.497 e. The van der Waals surface area contributed by atoms with Gasteiger partial charge < -0.3 is 14.8 Å². The molecule has 0 unspecified atom stereocenters.